The summed E-state index contributed by atoms with van der Waals surface area (Å²) in [6.07, 6.45) is 2.04. The van der Waals surface area contributed by atoms with Crippen molar-refractivity contribution in [2.75, 3.05) is 29.9 Å². The summed E-state index contributed by atoms with van der Waals surface area (Å²) in [5, 5.41) is 5.80. The van der Waals surface area contributed by atoms with Crippen LogP contribution in [0.5, 0.6) is 5.75 Å². The van der Waals surface area contributed by atoms with Crippen LogP contribution in [0.1, 0.15) is 19.8 Å². The molecule has 1 atom stereocenters. The average Bonchev–Trinajstić information content (AvgIpc) is 3.34. The number of hydrogen-bond donors (Lipinski definition) is 2. The SMILES string of the molecule is CCOc1ccc(NC(=O)NC[C@@H]2CCCN2c2nc3ccccc3o2)cc1. The summed E-state index contributed by atoms with van der Waals surface area (Å²) in [4.78, 5) is 19.0. The van der Waals surface area contributed by atoms with Gasteiger partial charge in [0.25, 0.3) is 6.01 Å². The molecule has 1 fully saturated rings. The molecule has 0 spiro atoms. The van der Waals surface area contributed by atoms with Gasteiger partial charge in [0.1, 0.15) is 11.3 Å². The zero-order chi connectivity index (χ0) is 19.3. The zero-order valence-electron chi connectivity index (χ0n) is 15.9. The van der Waals surface area contributed by atoms with Crippen LogP contribution in [0.3, 0.4) is 0 Å². The van der Waals surface area contributed by atoms with Gasteiger partial charge in [-0.3, -0.25) is 0 Å². The van der Waals surface area contributed by atoms with Crippen molar-refractivity contribution in [1.82, 2.24) is 10.3 Å². The van der Waals surface area contributed by atoms with Gasteiger partial charge >= 0.3 is 6.03 Å². The van der Waals surface area contributed by atoms with E-state index in [1.165, 1.54) is 0 Å². The number of hydrogen-bond acceptors (Lipinski definition) is 5. The van der Waals surface area contributed by atoms with Gasteiger partial charge in [0.15, 0.2) is 5.58 Å². The molecule has 2 heterocycles. The number of fused-ring (bicyclic) bond motifs is 1. The molecule has 1 aromatic heterocycles. The normalized spacial score (nSPS) is 16.3. The first-order valence-electron chi connectivity index (χ1n) is 9.63. The smallest absolute Gasteiger partial charge is 0.319 e. The van der Waals surface area contributed by atoms with Gasteiger partial charge in [0, 0.05) is 18.8 Å². The first-order valence-corrected chi connectivity index (χ1v) is 9.63. The Kier molecular flexibility index (Phi) is 5.32. The lowest BCUT2D eigenvalue weighted by Crippen LogP contribution is -2.41. The lowest BCUT2D eigenvalue weighted by molar-refractivity contribution is 0.251. The number of ether oxygens (including phenoxy) is 1. The summed E-state index contributed by atoms with van der Waals surface area (Å²) in [6.45, 7) is 3.96. The van der Waals surface area contributed by atoms with Gasteiger partial charge in [-0.25, -0.2) is 4.79 Å². The van der Waals surface area contributed by atoms with Crippen LogP contribution >= 0.6 is 0 Å². The van der Waals surface area contributed by atoms with Gasteiger partial charge in [0.2, 0.25) is 0 Å². The summed E-state index contributed by atoms with van der Waals surface area (Å²) < 4.78 is 11.3. The fraction of sp³-hybridized carbons (Fsp3) is 0.333. The van der Waals surface area contributed by atoms with Crippen molar-refractivity contribution in [2.24, 2.45) is 0 Å². The maximum atomic E-state index is 12.3. The lowest BCUT2D eigenvalue weighted by atomic mass is 10.2. The number of carbonyl (C=O) groups is 1. The molecule has 1 aliphatic rings. The molecule has 7 heteroatoms. The first kappa shape index (κ1) is 18.2. The second-order valence-corrected chi connectivity index (χ2v) is 6.75. The minimum absolute atomic E-state index is 0.166. The van der Waals surface area contributed by atoms with E-state index >= 15 is 0 Å². The highest BCUT2D eigenvalue weighted by molar-refractivity contribution is 5.89. The van der Waals surface area contributed by atoms with Crippen molar-refractivity contribution in [3.63, 3.8) is 0 Å². The predicted octanol–water partition coefficient (Wildman–Crippen LogP) is 4.02. The number of amides is 2. The van der Waals surface area contributed by atoms with E-state index < -0.39 is 0 Å². The molecule has 1 aliphatic heterocycles. The largest absolute Gasteiger partial charge is 0.494 e. The van der Waals surface area contributed by atoms with Crippen molar-refractivity contribution >= 4 is 28.8 Å². The molecule has 0 aliphatic carbocycles. The van der Waals surface area contributed by atoms with Crippen LogP contribution in [0.2, 0.25) is 0 Å². The Labute approximate surface area is 163 Å². The highest BCUT2D eigenvalue weighted by Gasteiger charge is 2.28. The van der Waals surface area contributed by atoms with Crippen molar-refractivity contribution in [1.29, 1.82) is 0 Å². The number of nitrogens with one attached hydrogen (secondary N) is 2. The quantitative estimate of drug-likeness (QED) is 0.675. The number of nitrogens with zero attached hydrogens (tertiary/aromatic N) is 2. The maximum Gasteiger partial charge on any atom is 0.319 e. The molecular weight excluding hydrogens is 356 g/mol. The molecule has 3 aromatic rings. The Bertz CT molecular complexity index is 905. The van der Waals surface area contributed by atoms with E-state index in [0.29, 0.717) is 19.2 Å². The molecule has 146 valence electrons. The van der Waals surface area contributed by atoms with E-state index in [4.69, 9.17) is 9.15 Å². The highest BCUT2D eigenvalue weighted by Crippen LogP contribution is 2.28. The first-order chi connectivity index (χ1) is 13.7. The minimum atomic E-state index is -0.228. The Hall–Kier alpha value is -3.22. The van der Waals surface area contributed by atoms with E-state index in [1.54, 1.807) is 0 Å². The van der Waals surface area contributed by atoms with Crippen LogP contribution in [0.25, 0.3) is 11.1 Å². The lowest BCUT2D eigenvalue weighted by Gasteiger charge is -2.23. The highest BCUT2D eigenvalue weighted by atomic mass is 16.5. The van der Waals surface area contributed by atoms with Crippen molar-refractivity contribution in [3.8, 4) is 5.75 Å². The number of rotatable bonds is 6. The van der Waals surface area contributed by atoms with Crippen LogP contribution in [0, 0.1) is 0 Å². The molecule has 0 radical (unpaired) electrons. The summed E-state index contributed by atoms with van der Waals surface area (Å²) in [5.41, 5.74) is 2.36. The molecule has 7 nitrogen and oxygen atoms in total. The second kappa shape index (κ2) is 8.21. The van der Waals surface area contributed by atoms with E-state index in [9.17, 15) is 4.79 Å². The molecule has 1 saturated heterocycles. The number of benzene rings is 2. The summed E-state index contributed by atoms with van der Waals surface area (Å²) in [5.74, 6) is 0.786. The van der Waals surface area contributed by atoms with Crippen molar-refractivity contribution in [2.45, 2.75) is 25.8 Å². The van der Waals surface area contributed by atoms with Gasteiger partial charge in [-0.1, -0.05) is 12.1 Å². The van der Waals surface area contributed by atoms with Crippen LogP contribution in [0.15, 0.2) is 52.9 Å². The Morgan fingerprint density at radius 1 is 1.25 bits per heavy atom. The van der Waals surface area contributed by atoms with Gasteiger partial charge < -0.3 is 24.7 Å². The average molecular weight is 380 g/mol. The molecule has 2 N–H and O–H groups in total. The number of aromatic nitrogens is 1. The molecule has 28 heavy (non-hydrogen) atoms. The third-order valence-electron chi connectivity index (χ3n) is 4.83. The minimum Gasteiger partial charge on any atom is -0.494 e. The van der Waals surface area contributed by atoms with Crippen molar-refractivity contribution < 1.29 is 13.9 Å². The molecule has 2 amide bonds. The fourth-order valence-corrected chi connectivity index (χ4v) is 3.47. The number of oxazole rings is 1. The summed E-state index contributed by atoms with van der Waals surface area (Å²) in [7, 11) is 0. The van der Waals surface area contributed by atoms with Crippen LogP contribution in [-0.4, -0.2) is 36.8 Å². The molecule has 0 saturated carbocycles. The molecular formula is C21H24N4O3. The fourth-order valence-electron chi connectivity index (χ4n) is 3.47. The van der Waals surface area contributed by atoms with E-state index in [2.05, 4.69) is 20.5 Å². The van der Waals surface area contributed by atoms with E-state index in [-0.39, 0.29) is 12.1 Å². The number of urea groups is 1. The van der Waals surface area contributed by atoms with Crippen LogP contribution < -0.4 is 20.3 Å². The van der Waals surface area contributed by atoms with Crippen LogP contribution in [-0.2, 0) is 0 Å². The molecule has 0 bridgehead atoms. The molecule has 4 rings (SSSR count). The second-order valence-electron chi connectivity index (χ2n) is 6.75. The number of anilines is 2. The van der Waals surface area contributed by atoms with E-state index in [0.717, 1.165) is 41.9 Å². The molecule has 0 unspecified atom stereocenters. The Balaban J connectivity index is 1.33. The summed E-state index contributed by atoms with van der Waals surface area (Å²) in [6, 6.07) is 15.6. The standard InChI is InChI=1S/C21H24N4O3/c1-2-27-17-11-9-15(10-12-17)23-20(26)22-14-16-6-5-13-25(16)21-24-18-7-3-4-8-19(18)28-21/h3-4,7-12,16H,2,5-6,13-14H2,1H3,(H2,22,23,26)/t16-/m0/s1. The topological polar surface area (TPSA) is 79.6 Å². The monoisotopic (exact) mass is 380 g/mol. The molecule has 2 aromatic carbocycles. The van der Waals surface area contributed by atoms with Gasteiger partial charge in [-0.2, -0.15) is 4.98 Å². The maximum absolute atomic E-state index is 12.3. The Morgan fingerprint density at radius 3 is 2.86 bits per heavy atom. The van der Waals surface area contributed by atoms with Gasteiger partial charge in [0.05, 0.1) is 12.6 Å². The van der Waals surface area contributed by atoms with Crippen LogP contribution in [0.4, 0.5) is 16.5 Å². The predicted molar refractivity (Wildman–Crippen MR) is 109 cm³/mol. The van der Waals surface area contributed by atoms with Gasteiger partial charge in [-0.15, -0.1) is 0 Å². The van der Waals surface area contributed by atoms with Gasteiger partial charge in [-0.05, 0) is 56.2 Å². The Morgan fingerprint density at radius 2 is 2.07 bits per heavy atom. The third-order valence-corrected chi connectivity index (χ3v) is 4.83. The van der Waals surface area contributed by atoms with Crippen molar-refractivity contribution in [3.05, 3.63) is 48.5 Å². The number of carbonyl (C=O) groups excluding carboxylic acids is 1. The zero-order valence-corrected chi connectivity index (χ0v) is 15.9. The van der Waals surface area contributed by atoms with E-state index in [1.807, 2.05) is 55.5 Å². The summed E-state index contributed by atoms with van der Waals surface area (Å²) >= 11 is 0. The number of para-hydroxylation sites is 2. The third kappa shape index (κ3) is 4.03.